The number of alkyl carbamates (subject to hydrolysis) is 1. The summed E-state index contributed by atoms with van der Waals surface area (Å²) in [5.41, 5.74) is -1.43. The molecule has 0 spiro atoms. The normalized spacial score (nSPS) is 19.5. The summed E-state index contributed by atoms with van der Waals surface area (Å²) >= 11 is 0. The van der Waals surface area contributed by atoms with Gasteiger partial charge in [-0.3, -0.25) is 23.7 Å². The van der Waals surface area contributed by atoms with Crippen molar-refractivity contribution < 1.29 is 48.0 Å². The Labute approximate surface area is 204 Å². The van der Waals surface area contributed by atoms with Crippen LogP contribution < -0.4 is 10.6 Å². The molecule has 0 aromatic carbocycles. The first-order chi connectivity index (χ1) is 16.0. The minimum atomic E-state index is -4.25. The van der Waals surface area contributed by atoms with Gasteiger partial charge in [0, 0.05) is 33.1 Å². The molecule has 14 heteroatoms. The number of rotatable bonds is 10. The van der Waals surface area contributed by atoms with Crippen molar-refractivity contribution in [3.63, 3.8) is 0 Å². The van der Waals surface area contributed by atoms with Crippen molar-refractivity contribution >= 4 is 37.2 Å². The number of nitrogens with zero attached hydrogens (tertiary/aromatic N) is 1. The van der Waals surface area contributed by atoms with Crippen molar-refractivity contribution in [3.05, 3.63) is 0 Å². The lowest BCUT2D eigenvalue weighted by Gasteiger charge is -2.42. The Morgan fingerprint density at radius 1 is 1.00 bits per heavy atom. The lowest BCUT2D eigenvalue weighted by molar-refractivity contribution is -0.168. The molecular formula is C21H36N3O10P. The summed E-state index contributed by atoms with van der Waals surface area (Å²) in [6.07, 6.45) is -2.81. The summed E-state index contributed by atoms with van der Waals surface area (Å²) in [7, 11) is -4.25. The number of hydrogen-bond donors (Lipinski definition) is 4. The Kier molecular flexibility index (Phi) is 10.7. The number of carbonyl (C=O) groups excluding carboxylic acids is 4. The number of carboxylic acids is 1. The van der Waals surface area contributed by atoms with Gasteiger partial charge < -0.3 is 35.0 Å². The third kappa shape index (κ3) is 8.81. The van der Waals surface area contributed by atoms with Crippen LogP contribution in [0.25, 0.3) is 0 Å². The van der Waals surface area contributed by atoms with Gasteiger partial charge in [0.2, 0.25) is 25.5 Å². The van der Waals surface area contributed by atoms with Crippen molar-refractivity contribution in [2.45, 2.75) is 72.5 Å². The third-order valence-electron chi connectivity index (χ3n) is 5.85. The Balaban J connectivity index is 2.96. The summed E-state index contributed by atoms with van der Waals surface area (Å²) in [4.78, 5) is 72.0. The van der Waals surface area contributed by atoms with E-state index in [0.717, 1.165) is 0 Å². The summed E-state index contributed by atoms with van der Waals surface area (Å²) in [6, 6.07) is -1.23. The van der Waals surface area contributed by atoms with Crippen molar-refractivity contribution in [2.24, 2.45) is 11.3 Å². The van der Waals surface area contributed by atoms with E-state index in [1.165, 1.54) is 32.6 Å². The van der Waals surface area contributed by atoms with Gasteiger partial charge in [-0.1, -0.05) is 13.8 Å². The average Bonchev–Trinajstić information content (AvgIpc) is 2.72. The molecule has 0 aromatic heterocycles. The number of nitrogens with one attached hydrogen (secondary N) is 2. The first kappa shape index (κ1) is 30.4. The number of amides is 3. The summed E-state index contributed by atoms with van der Waals surface area (Å²) in [5, 5.41) is 13.7. The predicted octanol–water partition coefficient (Wildman–Crippen LogP) is 1.09. The van der Waals surface area contributed by atoms with E-state index in [9.17, 15) is 33.4 Å². The van der Waals surface area contributed by atoms with E-state index in [0.29, 0.717) is 0 Å². The van der Waals surface area contributed by atoms with Crippen LogP contribution in [0.5, 0.6) is 0 Å². The van der Waals surface area contributed by atoms with Crippen molar-refractivity contribution in [1.82, 2.24) is 15.5 Å². The molecule has 4 N–H and O–H groups in total. The van der Waals surface area contributed by atoms with Gasteiger partial charge in [0.05, 0.1) is 11.3 Å². The third-order valence-corrected chi connectivity index (χ3v) is 8.25. The smallest absolute Gasteiger partial charge is 0.410 e. The predicted molar refractivity (Wildman–Crippen MR) is 123 cm³/mol. The molecule has 0 saturated carbocycles. The van der Waals surface area contributed by atoms with Gasteiger partial charge >= 0.3 is 18.0 Å². The topological polar surface area (TPSA) is 189 Å². The van der Waals surface area contributed by atoms with Gasteiger partial charge in [0.25, 0.3) is 0 Å². The van der Waals surface area contributed by atoms with E-state index >= 15 is 0 Å². The highest BCUT2D eigenvalue weighted by atomic mass is 31.2. The molecular weight excluding hydrogens is 485 g/mol. The molecule has 1 aliphatic rings. The molecule has 4 unspecified atom stereocenters. The number of esters is 1. The summed E-state index contributed by atoms with van der Waals surface area (Å²) in [6.45, 7) is 8.71. The van der Waals surface area contributed by atoms with Crippen LogP contribution in [0.4, 0.5) is 4.79 Å². The maximum atomic E-state index is 13.2. The molecule has 1 heterocycles. The molecule has 0 aromatic rings. The molecule has 1 rings (SSSR count). The molecule has 0 aliphatic carbocycles. The first-order valence-corrected chi connectivity index (χ1v) is 13.2. The fourth-order valence-corrected chi connectivity index (χ4v) is 5.38. The largest absolute Gasteiger partial charge is 0.480 e. The monoisotopic (exact) mass is 521 g/mol. The fraction of sp³-hybridized carbons (Fsp3) is 0.762. The van der Waals surface area contributed by atoms with Gasteiger partial charge in [-0.25, -0.2) is 4.79 Å². The van der Waals surface area contributed by atoms with Gasteiger partial charge in [-0.05, 0) is 26.7 Å². The lowest BCUT2D eigenvalue weighted by Crippen LogP contribution is -2.54. The number of carbonyl (C=O) groups is 5. The molecule has 4 atom stereocenters. The van der Waals surface area contributed by atoms with Crippen molar-refractivity contribution in [2.75, 3.05) is 19.3 Å². The molecule has 0 radical (unpaired) electrons. The van der Waals surface area contributed by atoms with Crippen LogP contribution in [0.3, 0.4) is 0 Å². The zero-order chi connectivity index (χ0) is 27.1. The van der Waals surface area contributed by atoms with Crippen LogP contribution in [-0.4, -0.2) is 82.1 Å². The molecule has 1 aliphatic heterocycles. The number of ether oxygens (including phenoxy) is 2. The highest BCUT2D eigenvalue weighted by Crippen LogP contribution is 2.52. The minimum Gasteiger partial charge on any atom is -0.480 e. The zero-order valence-corrected chi connectivity index (χ0v) is 21.8. The number of piperidine rings is 1. The van der Waals surface area contributed by atoms with Crippen LogP contribution in [-0.2, 0) is 33.2 Å². The highest BCUT2D eigenvalue weighted by Gasteiger charge is 2.48. The van der Waals surface area contributed by atoms with Crippen LogP contribution in [0, 0.1) is 11.3 Å². The van der Waals surface area contributed by atoms with Gasteiger partial charge in [-0.2, -0.15) is 0 Å². The van der Waals surface area contributed by atoms with Gasteiger partial charge in [-0.15, -0.1) is 0 Å². The van der Waals surface area contributed by atoms with Crippen LogP contribution >= 0.6 is 7.37 Å². The molecule has 3 amide bonds. The second-order valence-electron chi connectivity index (χ2n) is 9.12. The second-order valence-corrected chi connectivity index (χ2v) is 11.7. The van der Waals surface area contributed by atoms with Crippen molar-refractivity contribution in [3.8, 4) is 0 Å². The van der Waals surface area contributed by atoms with E-state index in [2.05, 4.69) is 10.6 Å². The van der Waals surface area contributed by atoms with E-state index in [1.54, 1.807) is 13.8 Å². The Morgan fingerprint density at radius 3 is 2.00 bits per heavy atom. The van der Waals surface area contributed by atoms with Gasteiger partial charge in [0.15, 0.2) is 0 Å². The number of hydrogen-bond acceptors (Lipinski definition) is 8. The van der Waals surface area contributed by atoms with Crippen molar-refractivity contribution in [1.29, 1.82) is 0 Å². The number of likely N-dealkylation sites (tertiary alicyclic amines) is 1. The standard InChI is InChI=1S/C21H36N3O10P/c1-12(2)18(28)33-16(6)34-20(30)23-14(4)35(31,32)11-21(19(29)22-13(3)17(26)27)7-9-24(10-8-21)15(5)25/h12-14,16H,7-11H2,1-6H3,(H,22,29)(H,23,30)(H,26,27)(H,31,32). The van der Waals surface area contributed by atoms with E-state index in [4.69, 9.17) is 14.6 Å². The SMILES string of the molecule is CC(=O)N1CCC(CP(=O)(O)C(C)NC(=O)OC(C)OC(=O)C(C)C)(C(=O)NC(C)C(=O)O)CC1. The molecule has 35 heavy (non-hydrogen) atoms. The molecule has 13 nitrogen and oxygen atoms in total. The van der Waals surface area contributed by atoms with Crippen LogP contribution in [0.2, 0.25) is 0 Å². The molecule has 200 valence electrons. The second kappa shape index (κ2) is 12.3. The Bertz CT molecular complexity index is 869. The number of carboxylic acid groups (broad SMARTS) is 1. The maximum Gasteiger partial charge on any atom is 0.410 e. The van der Waals surface area contributed by atoms with Crippen LogP contribution in [0.1, 0.15) is 54.4 Å². The molecule has 1 saturated heterocycles. The minimum absolute atomic E-state index is 0.0364. The van der Waals surface area contributed by atoms with E-state index in [-0.39, 0.29) is 31.8 Å². The van der Waals surface area contributed by atoms with E-state index < -0.39 is 66.9 Å². The highest BCUT2D eigenvalue weighted by molar-refractivity contribution is 7.58. The first-order valence-electron chi connectivity index (χ1n) is 11.3. The maximum absolute atomic E-state index is 13.2. The van der Waals surface area contributed by atoms with Gasteiger partial charge in [0.1, 0.15) is 11.8 Å². The average molecular weight is 522 g/mol. The fourth-order valence-electron chi connectivity index (χ4n) is 3.47. The quantitative estimate of drug-likeness (QED) is 0.184. The lowest BCUT2D eigenvalue weighted by atomic mass is 9.79. The summed E-state index contributed by atoms with van der Waals surface area (Å²) < 4.78 is 23.1. The van der Waals surface area contributed by atoms with E-state index in [1.807, 2.05) is 0 Å². The molecule has 1 fully saturated rings. The summed E-state index contributed by atoms with van der Waals surface area (Å²) in [5.74, 6) is -4.57. The Morgan fingerprint density at radius 2 is 1.54 bits per heavy atom. The number of aliphatic carboxylic acids is 1. The van der Waals surface area contributed by atoms with Crippen LogP contribution in [0.15, 0.2) is 0 Å². The molecule has 0 bridgehead atoms. The Hall–Kier alpha value is -2.66. The zero-order valence-electron chi connectivity index (χ0n) is 20.9.